The molecule has 0 unspecified atom stereocenters. The van der Waals surface area contributed by atoms with Crippen LogP contribution in [0.1, 0.15) is 10.4 Å². The average molecular weight is 418 g/mol. The van der Waals surface area contributed by atoms with Crippen LogP contribution in [0.2, 0.25) is 5.02 Å². The van der Waals surface area contributed by atoms with Gasteiger partial charge < -0.3 is 14.5 Å². The summed E-state index contributed by atoms with van der Waals surface area (Å²) in [6.45, 7) is 0. The molecule has 0 amide bonds. The van der Waals surface area contributed by atoms with Gasteiger partial charge in [0.25, 0.3) is 5.22 Å². The highest BCUT2D eigenvalue weighted by atomic mass is 35.5. The summed E-state index contributed by atoms with van der Waals surface area (Å²) in [5.41, 5.74) is -0.401. The molecule has 0 aliphatic heterocycles. The minimum atomic E-state index is -1.39. The van der Waals surface area contributed by atoms with E-state index in [9.17, 15) is 14.0 Å². The van der Waals surface area contributed by atoms with Gasteiger partial charge in [-0.2, -0.15) is 0 Å². The highest BCUT2D eigenvalue weighted by molar-refractivity contribution is 7.99. The van der Waals surface area contributed by atoms with Gasteiger partial charge in [-0.1, -0.05) is 23.7 Å². The SMILES string of the molecule is O=C(O)c1c[nH]c2cc(Sc3nnc(-c4ccccc4Cl)o3)c(F)cc2c1=O. The Morgan fingerprint density at radius 3 is 2.79 bits per heavy atom. The second-order valence-corrected chi connectivity index (χ2v) is 7.02. The number of rotatable bonds is 4. The maximum absolute atomic E-state index is 14.5. The Bertz CT molecular complexity index is 1290. The number of carboxylic acids is 1. The van der Waals surface area contributed by atoms with E-state index in [1.165, 1.54) is 6.07 Å². The van der Waals surface area contributed by atoms with Crippen LogP contribution in [0.4, 0.5) is 4.39 Å². The highest BCUT2D eigenvalue weighted by Gasteiger charge is 2.17. The number of hydrogen-bond acceptors (Lipinski definition) is 6. The van der Waals surface area contributed by atoms with Crippen molar-refractivity contribution in [1.29, 1.82) is 0 Å². The van der Waals surface area contributed by atoms with Crippen LogP contribution in [0.25, 0.3) is 22.4 Å². The first-order valence-electron chi connectivity index (χ1n) is 7.78. The van der Waals surface area contributed by atoms with Crippen molar-refractivity contribution < 1.29 is 18.7 Å². The number of pyridine rings is 1. The summed E-state index contributed by atoms with van der Waals surface area (Å²) >= 11 is 6.97. The molecule has 2 N–H and O–H groups in total. The molecule has 2 heterocycles. The summed E-state index contributed by atoms with van der Waals surface area (Å²) in [7, 11) is 0. The molecule has 28 heavy (non-hydrogen) atoms. The molecule has 0 spiro atoms. The summed E-state index contributed by atoms with van der Waals surface area (Å²) in [6, 6.07) is 9.28. The summed E-state index contributed by atoms with van der Waals surface area (Å²) < 4.78 is 20.0. The fourth-order valence-electron chi connectivity index (χ4n) is 2.55. The molecule has 10 heteroatoms. The predicted octanol–water partition coefficient (Wildman–Crippen LogP) is 4.22. The number of aromatic amines is 1. The van der Waals surface area contributed by atoms with Crippen molar-refractivity contribution in [2.45, 2.75) is 10.1 Å². The average Bonchev–Trinajstić information content (AvgIpc) is 3.12. The molecule has 7 nitrogen and oxygen atoms in total. The standard InChI is InChI=1S/C18H9ClFN3O4S/c19-11-4-2-1-3-8(11)16-22-23-18(27-16)28-14-6-13-9(5-12(14)20)15(24)10(7-21-13)17(25)26/h1-7H,(H,21,24)(H,25,26). The third-order valence-electron chi connectivity index (χ3n) is 3.87. The van der Waals surface area contributed by atoms with Crippen molar-refractivity contribution in [2.75, 3.05) is 0 Å². The zero-order chi connectivity index (χ0) is 19.8. The normalized spacial score (nSPS) is 11.1. The molecule has 0 saturated carbocycles. The van der Waals surface area contributed by atoms with Crippen LogP contribution < -0.4 is 5.43 Å². The largest absolute Gasteiger partial charge is 0.477 e. The number of benzene rings is 2. The van der Waals surface area contributed by atoms with Gasteiger partial charge in [0, 0.05) is 11.6 Å². The molecule has 0 aliphatic rings. The smallest absolute Gasteiger partial charge is 0.341 e. The monoisotopic (exact) mass is 417 g/mol. The second-order valence-electron chi connectivity index (χ2n) is 5.62. The summed E-state index contributed by atoms with van der Waals surface area (Å²) in [5, 5.41) is 17.2. The summed E-state index contributed by atoms with van der Waals surface area (Å²) in [4.78, 5) is 26.0. The fraction of sp³-hybridized carbons (Fsp3) is 0. The van der Waals surface area contributed by atoms with Crippen LogP contribution in [0.5, 0.6) is 0 Å². The van der Waals surface area contributed by atoms with Gasteiger partial charge in [-0.05, 0) is 36.0 Å². The van der Waals surface area contributed by atoms with Gasteiger partial charge in [-0.25, -0.2) is 9.18 Å². The molecule has 0 bridgehead atoms. The molecule has 4 rings (SSSR count). The van der Waals surface area contributed by atoms with Crippen molar-refractivity contribution in [2.24, 2.45) is 0 Å². The predicted molar refractivity (Wildman–Crippen MR) is 100 cm³/mol. The number of nitrogens with zero attached hydrogens (tertiary/aromatic N) is 2. The minimum Gasteiger partial charge on any atom is -0.477 e. The van der Waals surface area contributed by atoms with Crippen LogP contribution >= 0.6 is 23.4 Å². The zero-order valence-corrected chi connectivity index (χ0v) is 15.3. The summed E-state index contributed by atoms with van der Waals surface area (Å²) in [5.74, 6) is -1.92. The number of H-pyrrole nitrogens is 1. The Hall–Kier alpha value is -3.17. The molecular formula is C18H9ClFN3O4S. The lowest BCUT2D eigenvalue weighted by atomic mass is 10.1. The topological polar surface area (TPSA) is 109 Å². The number of aromatic carboxylic acids is 1. The first-order chi connectivity index (χ1) is 13.4. The molecular weight excluding hydrogens is 409 g/mol. The highest BCUT2D eigenvalue weighted by Crippen LogP contribution is 2.34. The van der Waals surface area contributed by atoms with Gasteiger partial charge >= 0.3 is 5.97 Å². The molecule has 2 aromatic carbocycles. The maximum atomic E-state index is 14.5. The number of carboxylic acid groups (broad SMARTS) is 1. The molecule has 0 atom stereocenters. The number of hydrogen-bond donors (Lipinski definition) is 2. The van der Waals surface area contributed by atoms with Gasteiger partial charge in [-0.15, -0.1) is 10.2 Å². The third-order valence-corrected chi connectivity index (χ3v) is 5.07. The molecule has 0 aliphatic carbocycles. The number of carbonyl (C=O) groups is 1. The zero-order valence-electron chi connectivity index (χ0n) is 13.8. The Balaban J connectivity index is 1.70. The van der Waals surface area contributed by atoms with Crippen molar-refractivity contribution in [3.05, 3.63) is 69.2 Å². The number of nitrogens with one attached hydrogen (secondary N) is 1. The van der Waals surface area contributed by atoms with Gasteiger partial charge in [0.15, 0.2) is 0 Å². The number of fused-ring (bicyclic) bond motifs is 1. The first-order valence-corrected chi connectivity index (χ1v) is 8.98. The molecule has 140 valence electrons. The number of aromatic nitrogens is 3. The molecule has 4 aromatic rings. The van der Waals surface area contributed by atoms with E-state index < -0.39 is 22.8 Å². The number of halogens is 2. The Kier molecular flexibility index (Phi) is 4.62. The van der Waals surface area contributed by atoms with E-state index in [-0.39, 0.29) is 26.9 Å². The Morgan fingerprint density at radius 2 is 2.04 bits per heavy atom. The Morgan fingerprint density at radius 1 is 1.25 bits per heavy atom. The van der Waals surface area contributed by atoms with E-state index >= 15 is 0 Å². The lowest BCUT2D eigenvalue weighted by Gasteiger charge is -2.04. The van der Waals surface area contributed by atoms with Crippen molar-refractivity contribution in [3.63, 3.8) is 0 Å². The van der Waals surface area contributed by atoms with E-state index in [1.807, 2.05) is 0 Å². The van der Waals surface area contributed by atoms with Crippen molar-refractivity contribution in [3.8, 4) is 11.5 Å². The van der Waals surface area contributed by atoms with Crippen molar-refractivity contribution in [1.82, 2.24) is 15.2 Å². The third kappa shape index (κ3) is 3.25. The Labute approximate surface area is 165 Å². The lowest BCUT2D eigenvalue weighted by Crippen LogP contribution is -2.15. The minimum absolute atomic E-state index is 0.0657. The molecule has 2 aromatic heterocycles. The van der Waals surface area contributed by atoms with E-state index in [0.717, 1.165) is 24.0 Å². The van der Waals surface area contributed by atoms with E-state index in [1.54, 1.807) is 24.3 Å². The van der Waals surface area contributed by atoms with E-state index in [2.05, 4.69) is 15.2 Å². The lowest BCUT2D eigenvalue weighted by molar-refractivity contribution is 0.0695. The van der Waals surface area contributed by atoms with Gasteiger partial charge in [0.1, 0.15) is 11.4 Å². The second kappa shape index (κ2) is 7.10. The van der Waals surface area contributed by atoms with Crippen LogP contribution in [-0.2, 0) is 0 Å². The van der Waals surface area contributed by atoms with Crippen LogP contribution in [0.15, 0.2) is 61.9 Å². The van der Waals surface area contributed by atoms with Gasteiger partial charge in [-0.3, -0.25) is 4.79 Å². The maximum Gasteiger partial charge on any atom is 0.341 e. The fourth-order valence-corrected chi connectivity index (χ4v) is 3.49. The quantitative estimate of drug-likeness (QED) is 0.511. The molecule has 0 radical (unpaired) electrons. The van der Waals surface area contributed by atoms with E-state index in [4.69, 9.17) is 21.1 Å². The summed E-state index contributed by atoms with van der Waals surface area (Å²) in [6.07, 6.45) is 1.07. The van der Waals surface area contributed by atoms with Gasteiger partial charge in [0.2, 0.25) is 11.3 Å². The van der Waals surface area contributed by atoms with Crippen LogP contribution in [-0.4, -0.2) is 26.3 Å². The van der Waals surface area contributed by atoms with Crippen LogP contribution in [0.3, 0.4) is 0 Å². The molecule has 0 fully saturated rings. The van der Waals surface area contributed by atoms with Crippen molar-refractivity contribution >= 4 is 40.2 Å². The van der Waals surface area contributed by atoms with Gasteiger partial charge in [0.05, 0.1) is 21.0 Å². The van der Waals surface area contributed by atoms with Crippen LogP contribution in [0, 0.1) is 5.82 Å². The first kappa shape index (κ1) is 18.2. The molecule has 0 saturated heterocycles. The van der Waals surface area contributed by atoms with E-state index in [0.29, 0.717) is 10.6 Å².